The highest BCUT2D eigenvalue weighted by Gasteiger charge is 2.16. The Bertz CT molecular complexity index is 1190. The number of carbonyl (C=O) groups excluding carboxylic acids is 1. The number of hydrogen-bond acceptors (Lipinski definition) is 3. The molecule has 0 unspecified atom stereocenters. The van der Waals surface area contributed by atoms with E-state index in [1.165, 1.54) is 11.1 Å². The molecular weight excluding hydrogens is 388 g/mol. The van der Waals surface area contributed by atoms with Crippen molar-refractivity contribution in [3.63, 3.8) is 0 Å². The Balaban J connectivity index is 1.34. The summed E-state index contributed by atoms with van der Waals surface area (Å²) in [6.45, 7) is 0.514. The van der Waals surface area contributed by atoms with E-state index in [0.717, 1.165) is 42.2 Å². The lowest BCUT2D eigenvalue weighted by molar-refractivity contribution is 0.241. The molecule has 158 valence electrons. The number of unbranched alkanes of at least 4 members (excludes halogenated alkanes) is 1. The summed E-state index contributed by atoms with van der Waals surface area (Å²) < 4.78 is 6.42. The molecule has 0 aliphatic heterocycles. The Morgan fingerprint density at radius 2 is 1.42 bits per heavy atom. The lowest BCUT2D eigenvalue weighted by Crippen LogP contribution is -2.34. The van der Waals surface area contributed by atoms with Crippen LogP contribution in [0.1, 0.15) is 29.5 Å². The number of fused-ring (bicyclic) bond motifs is 1. The first-order chi connectivity index (χ1) is 15.2. The molecular formula is C26H26N2O3. The summed E-state index contributed by atoms with van der Waals surface area (Å²) in [4.78, 5) is 24.8. The van der Waals surface area contributed by atoms with E-state index in [1.54, 1.807) is 6.07 Å². The molecule has 0 atom stereocenters. The van der Waals surface area contributed by atoms with Gasteiger partial charge >= 0.3 is 11.8 Å². The van der Waals surface area contributed by atoms with Crippen LogP contribution in [0.15, 0.2) is 88.1 Å². The molecule has 4 rings (SSSR count). The molecule has 1 N–H and O–H groups in total. The number of aromatic nitrogens is 1. The Labute approximate surface area is 181 Å². The molecule has 3 aromatic carbocycles. The maximum Gasteiger partial charge on any atom is 0.428 e. The Hall–Kier alpha value is -3.60. The highest BCUT2D eigenvalue weighted by Crippen LogP contribution is 2.17. The third-order valence-corrected chi connectivity index (χ3v) is 5.40. The van der Waals surface area contributed by atoms with E-state index < -0.39 is 11.8 Å². The van der Waals surface area contributed by atoms with E-state index in [9.17, 15) is 9.59 Å². The van der Waals surface area contributed by atoms with Gasteiger partial charge in [0, 0.05) is 6.54 Å². The smallest absolute Gasteiger partial charge is 0.407 e. The molecule has 0 saturated heterocycles. The fourth-order valence-corrected chi connectivity index (χ4v) is 3.72. The van der Waals surface area contributed by atoms with Crippen LogP contribution in [0.25, 0.3) is 11.1 Å². The van der Waals surface area contributed by atoms with Crippen molar-refractivity contribution < 1.29 is 9.21 Å². The Kier molecular flexibility index (Phi) is 6.62. The first-order valence-electron chi connectivity index (χ1n) is 10.7. The van der Waals surface area contributed by atoms with E-state index in [4.69, 9.17) is 4.42 Å². The summed E-state index contributed by atoms with van der Waals surface area (Å²) >= 11 is 0. The van der Waals surface area contributed by atoms with Crippen LogP contribution in [-0.4, -0.2) is 17.1 Å². The van der Waals surface area contributed by atoms with Crippen molar-refractivity contribution >= 4 is 17.1 Å². The van der Waals surface area contributed by atoms with E-state index >= 15 is 0 Å². The van der Waals surface area contributed by atoms with Gasteiger partial charge in [0.1, 0.15) is 0 Å². The molecule has 0 radical (unpaired) electrons. The topological polar surface area (TPSA) is 64.2 Å². The zero-order chi connectivity index (χ0) is 21.5. The van der Waals surface area contributed by atoms with Gasteiger partial charge in [-0.3, -0.25) is 0 Å². The number of hydrogen-bond donors (Lipinski definition) is 1. The number of nitrogens with one attached hydrogen (secondary N) is 1. The van der Waals surface area contributed by atoms with Crippen molar-refractivity contribution in [3.8, 4) is 0 Å². The van der Waals surface area contributed by atoms with E-state index in [1.807, 2.05) is 48.5 Å². The highest BCUT2D eigenvalue weighted by molar-refractivity contribution is 5.88. The molecule has 0 bridgehead atoms. The second-order valence-electron chi connectivity index (χ2n) is 7.67. The Morgan fingerprint density at radius 1 is 0.774 bits per heavy atom. The van der Waals surface area contributed by atoms with Crippen LogP contribution in [0.2, 0.25) is 0 Å². The van der Waals surface area contributed by atoms with E-state index in [0.29, 0.717) is 17.6 Å². The van der Waals surface area contributed by atoms with Gasteiger partial charge in [-0.05, 0) is 60.9 Å². The van der Waals surface area contributed by atoms with Crippen molar-refractivity contribution in [2.24, 2.45) is 0 Å². The standard InChI is InChI=1S/C26H26N2O3/c29-25(27-18-8-7-13-20-9-3-1-4-10-20)28-23-17-16-22(19-24(23)31-26(28)30)15-14-21-11-5-2-6-12-21/h1-6,9-12,16-17,19H,7-8,13-15,18H2,(H,27,29). The quantitative estimate of drug-likeness (QED) is 0.415. The number of oxazole rings is 1. The SMILES string of the molecule is O=C(NCCCCc1ccccc1)n1c(=O)oc2cc(CCc3ccccc3)ccc21. The van der Waals surface area contributed by atoms with E-state index in [2.05, 4.69) is 29.6 Å². The van der Waals surface area contributed by atoms with Gasteiger partial charge in [-0.2, -0.15) is 4.57 Å². The third kappa shape index (κ3) is 5.31. The highest BCUT2D eigenvalue weighted by atomic mass is 16.4. The fraction of sp³-hybridized carbons (Fsp3) is 0.231. The van der Waals surface area contributed by atoms with Gasteiger partial charge < -0.3 is 9.73 Å². The lowest BCUT2D eigenvalue weighted by atomic mass is 10.0. The van der Waals surface area contributed by atoms with Gasteiger partial charge in [0.25, 0.3) is 0 Å². The van der Waals surface area contributed by atoms with Crippen LogP contribution in [-0.2, 0) is 19.3 Å². The molecule has 0 fully saturated rings. The Morgan fingerprint density at radius 3 is 2.13 bits per heavy atom. The lowest BCUT2D eigenvalue weighted by Gasteiger charge is -2.06. The third-order valence-electron chi connectivity index (χ3n) is 5.40. The second-order valence-corrected chi connectivity index (χ2v) is 7.67. The van der Waals surface area contributed by atoms with Crippen molar-refractivity contribution in [1.29, 1.82) is 0 Å². The molecule has 31 heavy (non-hydrogen) atoms. The average molecular weight is 415 g/mol. The molecule has 1 heterocycles. The van der Waals surface area contributed by atoms with Gasteiger partial charge in [0.05, 0.1) is 5.52 Å². The molecule has 4 aromatic rings. The van der Waals surface area contributed by atoms with E-state index in [-0.39, 0.29) is 0 Å². The van der Waals surface area contributed by atoms with Crippen molar-refractivity contribution in [3.05, 3.63) is 106 Å². The molecule has 1 amide bonds. The molecule has 0 saturated carbocycles. The number of benzene rings is 3. The summed E-state index contributed by atoms with van der Waals surface area (Å²) in [7, 11) is 0. The number of nitrogens with zero attached hydrogens (tertiary/aromatic N) is 1. The van der Waals surface area contributed by atoms with Gasteiger partial charge in [0.2, 0.25) is 0 Å². The summed E-state index contributed by atoms with van der Waals surface area (Å²) in [6, 6.07) is 25.6. The fourth-order valence-electron chi connectivity index (χ4n) is 3.72. The second kappa shape index (κ2) is 9.94. The summed E-state index contributed by atoms with van der Waals surface area (Å²) in [5.74, 6) is -0.656. The van der Waals surface area contributed by atoms with Crippen molar-refractivity contribution in [2.45, 2.75) is 32.1 Å². The maximum absolute atomic E-state index is 12.6. The van der Waals surface area contributed by atoms with Crippen LogP contribution in [0.3, 0.4) is 0 Å². The van der Waals surface area contributed by atoms with Gasteiger partial charge in [-0.15, -0.1) is 0 Å². The molecule has 5 heteroatoms. The largest absolute Gasteiger partial charge is 0.428 e. The summed E-state index contributed by atoms with van der Waals surface area (Å²) in [6.07, 6.45) is 4.52. The molecule has 0 spiro atoms. The minimum Gasteiger partial charge on any atom is -0.407 e. The average Bonchev–Trinajstić information content (AvgIpc) is 3.13. The number of aryl methyl sites for hydroxylation is 3. The van der Waals surface area contributed by atoms with Crippen LogP contribution >= 0.6 is 0 Å². The van der Waals surface area contributed by atoms with Crippen molar-refractivity contribution in [2.75, 3.05) is 6.54 Å². The normalized spacial score (nSPS) is 11.0. The van der Waals surface area contributed by atoms with Crippen LogP contribution in [0.5, 0.6) is 0 Å². The molecule has 1 aromatic heterocycles. The zero-order valence-corrected chi connectivity index (χ0v) is 17.4. The van der Waals surface area contributed by atoms with Crippen molar-refractivity contribution in [1.82, 2.24) is 9.88 Å². The van der Waals surface area contributed by atoms with Crippen LogP contribution in [0.4, 0.5) is 4.79 Å². The molecule has 5 nitrogen and oxygen atoms in total. The first-order valence-corrected chi connectivity index (χ1v) is 10.7. The number of amides is 1. The van der Waals surface area contributed by atoms with Gasteiger partial charge in [-0.1, -0.05) is 66.7 Å². The molecule has 0 aliphatic carbocycles. The monoisotopic (exact) mass is 414 g/mol. The number of rotatable bonds is 8. The predicted octanol–water partition coefficient (Wildman–Crippen LogP) is 4.96. The van der Waals surface area contributed by atoms with Gasteiger partial charge in [-0.25, -0.2) is 9.59 Å². The zero-order valence-electron chi connectivity index (χ0n) is 17.4. The van der Waals surface area contributed by atoms with Gasteiger partial charge in [0.15, 0.2) is 5.58 Å². The maximum atomic E-state index is 12.6. The summed E-state index contributed by atoms with van der Waals surface area (Å²) in [5.41, 5.74) is 4.55. The molecule has 0 aliphatic rings. The number of carbonyl (C=O) groups is 1. The minimum absolute atomic E-state index is 0.440. The summed E-state index contributed by atoms with van der Waals surface area (Å²) in [5, 5.41) is 2.83. The minimum atomic E-state index is -0.656. The first kappa shape index (κ1) is 20.7. The van der Waals surface area contributed by atoms with Crippen LogP contribution < -0.4 is 11.1 Å². The van der Waals surface area contributed by atoms with Crippen LogP contribution in [0, 0.1) is 0 Å². The predicted molar refractivity (Wildman–Crippen MR) is 123 cm³/mol.